The number of anilines is 1. The number of non-ortho nitro benzene ring substituents is 1. The van der Waals surface area contributed by atoms with Crippen molar-refractivity contribution in [2.24, 2.45) is 0 Å². The molecule has 2 amide bonds. The van der Waals surface area contributed by atoms with Crippen molar-refractivity contribution in [1.82, 2.24) is 10.2 Å². The van der Waals surface area contributed by atoms with E-state index in [9.17, 15) is 28.1 Å². The predicted octanol–water partition coefficient (Wildman–Crippen LogP) is 6.26. The van der Waals surface area contributed by atoms with Gasteiger partial charge in [0.25, 0.3) is 15.7 Å². The summed E-state index contributed by atoms with van der Waals surface area (Å²) in [5, 5.41) is 15.0. The van der Waals surface area contributed by atoms with Gasteiger partial charge in [0.2, 0.25) is 11.8 Å². The zero-order valence-electron chi connectivity index (χ0n) is 24.9. The molecular weight excluding hydrogens is 651 g/mol. The monoisotopic (exact) mass is 682 g/mol. The molecule has 0 bridgehead atoms. The zero-order chi connectivity index (χ0) is 33.3. The number of amides is 2. The molecule has 4 rings (SSSR count). The number of carbonyl (C=O) groups excluding carboxylic acids is 2. The Balaban J connectivity index is 1.83. The molecule has 240 valence electrons. The average Bonchev–Trinajstić information content (AvgIpc) is 3.06. The van der Waals surface area contributed by atoms with Crippen molar-refractivity contribution in [3.8, 4) is 0 Å². The Kier molecular flexibility index (Phi) is 11.8. The minimum Gasteiger partial charge on any atom is -0.354 e. The van der Waals surface area contributed by atoms with Crippen molar-refractivity contribution in [2.75, 3.05) is 17.4 Å². The Labute approximate surface area is 277 Å². The van der Waals surface area contributed by atoms with Gasteiger partial charge in [-0.15, -0.1) is 0 Å². The molecular formula is C33H32Cl2N4O6S. The van der Waals surface area contributed by atoms with Gasteiger partial charge in [-0.3, -0.25) is 24.0 Å². The van der Waals surface area contributed by atoms with Gasteiger partial charge in [-0.05, 0) is 47.9 Å². The number of hydrogen-bond donors (Lipinski definition) is 1. The lowest BCUT2D eigenvalue weighted by atomic mass is 10.0. The van der Waals surface area contributed by atoms with Gasteiger partial charge in [0.15, 0.2) is 0 Å². The first-order chi connectivity index (χ1) is 22.0. The van der Waals surface area contributed by atoms with E-state index in [1.165, 1.54) is 47.4 Å². The molecule has 1 unspecified atom stereocenters. The normalized spacial score (nSPS) is 11.8. The summed E-state index contributed by atoms with van der Waals surface area (Å²) >= 11 is 12.4. The highest BCUT2D eigenvalue weighted by Gasteiger charge is 2.35. The van der Waals surface area contributed by atoms with E-state index in [0.29, 0.717) is 23.6 Å². The number of rotatable bonds is 14. The maximum Gasteiger partial charge on any atom is 0.271 e. The summed E-state index contributed by atoms with van der Waals surface area (Å²) in [5.74, 6) is -1.14. The van der Waals surface area contributed by atoms with Crippen LogP contribution in [0.5, 0.6) is 0 Å². The van der Waals surface area contributed by atoms with E-state index in [2.05, 4.69) is 5.32 Å². The number of sulfonamides is 1. The fraction of sp³-hybridized carbons (Fsp3) is 0.212. The van der Waals surface area contributed by atoms with Gasteiger partial charge in [0.1, 0.15) is 12.6 Å². The van der Waals surface area contributed by atoms with E-state index in [0.717, 1.165) is 15.9 Å². The van der Waals surface area contributed by atoms with Crippen LogP contribution in [0, 0.1) is 10.1 Å². The molecule has 0 aromatic heterocycles. The quantitative estimate of drug-likeness (QED) is 0.123. The van der Waals surface area contributed by atoms with Crippen LogP contribution in [0.25, 0.3) is 0 Å². The zero-order valence-corrected chi connectivity index (χ0v) is 27.2. The SMILES string of the molecule is CCCNC(=O)C(Cc1ccccc1)N(Cc1ccc(Cl)c(Cl)c1)C(=O)CN(c1cccc([N+](=O)[O-])c1)S(=O)(=O)c1ccccc1. The summed E-state index contributed by atoms with van der Waals surface area (Å²) in [6, 6.07) is 25.4. The Morgan fingerprint density at radius 3 is 2.17 bits per heavy atom. The van der Waals surface area contributed by atoms with Gasteiger partial charge < -0.3 is 10.2 Å². The first kappa shape index (κ1) is 34.4. The molecule has 0 saturated carbocycles. The number of benzene rings is 4. The fourth-order valence-electron chi connectivity index (χ4n) is 4.76. The van der Waals surface area contributed by atoms with Crippen molar-refractivity contribution >= 4 is 56.4 Å². The average molecular weight is 684 g/mol. The smallest absolute Gasteiger partial charge is 0.271 e. The van der Waals surface area contributed by atoms with Crippen LogP contribution in [0.4, 0.5) is 11.4 Å². The number of hydrogen-bond acceptors (Lipinski definition) is 6. The summed E-state index contributed by atoms with van der Waals surface area (Å²) in [4.78, 5) is 40.3. The van der Waals surface area contributed by atoms with Crippen LogP contribution < -0.4 is 9.62 Å². The van der Waals surface area contributed by atoms with Crippen LogP contribution in [0.2, 0.25) is 10.0 Å². The first-order valence-electron chi connectivity index (χ1n) is 14.4. The molecule has 0 heterocycles. The number of halogens is 2. The van der Waals surface area contributed by atoms with Crippen molar-refractivity contribution in [2.45, 2.75) is 37.2 Å². The topological polar surface area (TPSA) is 130 Å². The summed E-state index contributed by atoms with van der Waals surface area (Å²) < 4.78 is 28.9. The van der Waals surface area contributed by atoms with E-state index in [4.69, 9.17) is 23.2 Å². The standard InChI is InChI=1S/C33H32Cl2N4O6S/c1-2-18-36-33(41)31(20-24-10-5-3-6-11-24)37(22-25-16-17-29(34)30(35)19-25)32(40)23-38(26-12-9-13-27(21-26)39(42)43)46(44,45)28-14-7-4-8-15-28/h3-17,19,21,31H,2,18,20,22-23H2,1H3,(H,36,41). The van der Waals surface area contributed by atoms with Gasteiger partial charge in [0.05, 0.1) is 25.6 Å². The number of nitro benzene ring substituents is 1. The minimum atomic E-state index is -4.41. The summed E-state index contributed by atoms with van der Waals surface area (Å²) in [6.07, 6.45) is 0.784. The maximum atomic E-state index is 14.4. The molecule has 13 heteroatoms. The van der Waals surface area contributed by atoms with Crippen LogP contribution in [0.1, 0.15) is 24.5 Å². The van der Waals surface area contributed by atoms with Crippen molar-refractivity contribution in [3.63, 3.8) is 0 Å². The molecule has 4 aromatic carbocycles. The highest BCUT2D eigenvalue weighted by molar-refractivity contribution is 7.92. The highest BCUT2D eigenvalue weighted by atomic mass is 35.5. The predicted molar refractivity (Wildman–Crippen MR) is 178 cm³/mol. The highest BCUT2D eigenvalue weighted by Crippen LogP contribution is 2.29. The first-order valence-corrected chi connectivity index (χ1v) is 16.6. The molecule has 1 atom stereocenters. The van der Waals surface area contributed by atoms with Gasteiger partial charge in [-0.2, -0.15) is 0 Å². The molecule has 0 aliphatic heterocycles. The van der Waals surface area contributed by atoms with E-state index in [-0.39, 0.29) is 34.3 Å². The fourth-order valence-corrected chi connectivity index (χ4v) is 6.51. The maximum absolute atomic E-state index is 14.4. The molecule has 46 heavy (non-hydrogen) atoms. The second kappa shape index (κ2) is 15.7. The molecule has 10 nitrogen and oxygen atoms in total. The summed E-state index contributed by atoms with van der Waals surface area (Å²) in [5.41, 5.74) is 0.887. The molecule has 0 aliphatic rings. The van der Waals surface area contributed by atoms with Gasteiger partial charge in [-0.25, -0.2) is 8.42 Å². The molecule has 0 fully saturated rings. The minimum absolute atomic E-state index is 0.0871. The molecule has 0 saturated heterocycles. The molecule has 1 N–H and O–H groups in total. The van der Waals surface area contributed by atoms with Crippen molar-refractivity contribution in [3.05, 3.63) is 134 Å². The Hall–Kier alpha value is -4.45. The Bertz CT molecular complexity index is 1790. The van der Waals surface area contributed by atoms with E-state index in [1.54, 1.807) is 24.3 Å². The van der Waals surface area contributed by atoms with Crippen molar-refractivity contribution < 1.29 is 22.9 Å². The third-order valence-corrected chi connectivity index (χ3v) is 9.62. The van der Waals surface area contributed by atoms with Gasteiger partial charge >= 0.3 is 0 Å². The van der Waals surface area contributed by atoms with Crippen LogP contribution in [-0.2, 0) is 32.6 Å². The lowest BCUT2D eigenvalue weighted by Crippen LogP contribution is -2.53. The van der Waals surface area contributed by atoms with Gasteiger partial charge in [0, 0.05) is 31.6 Å². The second-order valence-electron chi connectivity index (χ2n) is 10.4. The summed E-state index contributed by atoms with van der Waals surface area (Å²) in [6.45, 7) is 1.39. The number of carbonyl (C=O) groups is 2. The van der Waals surface area contributed by atoms with E-state index in [1.807, 2.05) is 37.3 Å². The molecule has 0 radical (unpaired) electrons. The summed E-state index contributed by atoms with van der Waals surface area (Å²) in [7, 11) is -4.41. The van der Waals surface area contributed by atoms with Crippen LogP contribution in [0.3, 0.4) is 0 Å². The Morgan fingerprint density at radius 2 is 1.54 bits per heavy atom. The van der Waals surface area contributed by atoms with E-state index >= 15 is 0 Å². The Morgan fingerprint density at radius 1 is 0.870 bits per heavy atom. The number of nitrogens with one attached hydrogen (secondary N) is 1. The van der Waals surface area contributed by atoms with Crippen LogP contribution >= 0.6 is 23.2 Å². The lowest BCUT2D eigenvalue weighted by molar-refractivity contribution is -0.384. The van der Waals surface area contributed by atoms with E-state index < -0.39 is 39.3 Å². The third kappa shape index (κ3) is 8.63. The van der Waals surface area contributed by atoms with Crippen molar-refractivity contribution in [1.29, 1.82) is 0 Å². The second-order valence-corrected chi connectivity index (χ2v) is 13.0. The van der Waals surface area contributed by atoms with Crippen LogP contribution in [-0.4, -0.2) is 49.2 Å². The molecule has 0 spiro atoms. The number of nitro groups is 1. The molecule has 4 aromatic rings. The lowest BCUT2D eigenvalue weighted by Gasteiger charge is -2.34. The molecule has 0 aliphatic carbocycles. The van der Waals surface area contributed by atoms with Crippen LogP contribution in [0.15, 0.2) is 108 Å². The third-order valence-electron chi connectivity index (χ3n) is 7.10. The number of nitrogens with zero attached hydrogens (tertiary/aromatic N) is 3. The van der Waals surface area contributed by atoms with Gasteiger partial charge in [-0.1, -0.05) is 90.8 Å². The largest absolute Gasteiger partial charge is 0.354 e.